The van der Waals surface area contributed by atoms with Crippen molar-refractivity contribution in [1.82, 2.24) is 4.90 Å². The average Bonchev–Trinajstić information content (AvgIpc) is 2.69. The molecule has 1 aliphatic rings. The van der Waals surface area contributed by atoms with E-state index < -0.39 is 5.82 Å². The van der Waals surface area contributed by atoms with Crippen molar-refractivity contribution in [2.24, 2.45) is 11.7 Å². The molecule has 1 heterocycles. The summed E-state index contributed by atoms with van der Waals surface area (Å²) in [4.78, 5) is 13.9. The number of likely N-dealkylation sites (tertiary alicyclic amines) is 1. The zero-order chi connectivity index (χ0) is 13.8. The lowest BCUT2D eigenvalue weighted by atomic mass is 10.1. The van der Waals surface area contributed by atoms with Gasteiger partial charge in [0.25, 0.3) is 0 Å². The summed E-state index contributed by atoms with van der Waals surface area (Å²) in [6.07, 6.45) is 0.355. The minimum absolute atomic E-state index is 0.168. The molecule has 1 aliphatic heterocycles. The minimum Gasteiger partial charge on any atom is -0.326 e. The highest BCUT2D eigenvalue weighted by atomic mass is 19.1. The molecule has 0 radical (unpaired) electrons. The number of rotatable bonds is 4. The molecule has 104 valence electrons. The van der Waals surface area contributed by atoms with E-state index in [0.29, 0.717) is 18.9 Å². The lowest BCUT2D eigenvalue weighted by Gasteiger charge is -2.14. The second kappa shape index (κ2) is 6.12. The van der Waals surface area contributed by atoms with Gasteiger partial charge in [0.05, 0.1) is 5.69 Å². The van der Waals surface area contributed by atoms with Crippen molar-refractivity contribution in [2.75, 3.05) is 25.0 Å². The second-order valence-corrected chi connectivity index (χ2v) is 5.18. The molecule has 0 spiro atoms. The summed E-state index contributed by atoms with van der Waals surface area (Å²) in [7, 11) is 0. The Labute approximate surface area is 112 Å². The summed E-state index contributed by atoms with van der Waals surface area (Å²) in [6.45, 7) is 4.53. The Morgan fingerprint density at radius 3 is 2.84 bits per heavy atom. The number of hydrogen-bond donors (Lipinski definition) is 2. The normalized spacial score (nSPS) is 23.5. The van der Waals surface area contributed by atoms with E-state index in [0.717, 1.165) is 13.1 Å². The van der Waals surface area contributed by atoms with Crippen LogP contribution in [-0.2, 0) is 4.79 Å². The standard InChI is InChI=1S/C14H20FN3O/c1-10-8-18(9-12(10)16)7-6-14(19)17-13-5-3-2-4-11(13)15/h2-5,10,12H,6-9,16H2,1H3,(H,17,19). The molecule has 4 nitrogen and oxygen atoms in total. The van der Waals surface area contributed by atoms with Crippen LogP contribution < -0.4 is 11.1 Å². The molecule has 5 heteroatoms. The smallest absolute Gasteiger partial charge is 0.225 e. The molecule has 0 aromatic heterocycles. The van der Waals surface area contributed by atoms with E-state index in [1.807, 2.05) is 0 Å². The molecule has 1 saturated heterocycles. The third-order valence-corrected chi connectivity index (χ3v) is 3.55. The molecule has 2 rings (SSSR count). The number of amides is 1. The predicted molar refractivity (Wildman–Crippen MR) is 73.2 cm³/mol. The van der Waals surface area contributed by atoms with E-state index in [1.165, 1.54) is 6.07 Å². The third-order valence-electron chi connectivity index (χ3n) is 3.55. The zero-order valence-corrected chi connectivity index (χ0v) is 11.1. The zero-order valence-electron chi connectivity index (χ0n) is 11.1. The van der Waals surface area contributed by atoms with Crippen LogP contribution in [0.2, 0.25) is 0 Å². The number of hydrogen-bond acceptors (Lipinski definition) is 3. The Bertz CT molecular complexity index is 442. The lowest BCUT2D eigenvalue weighted by Crippen LogP contribution is -2.30. The van der Waals surface area contributed by atoms with Gasteiger partial charge in [-0.1, -0.05) is 19.1 Å². The van der Waals surface area contributed by atoms with E-state index >= 15 is 0 Å². The van der Waals surface area contributed by atoms with Crippen LogP contribution in [0.5, 0.6) is 0 Å². The number of para-hydroxylation sites is 1. The molecule has 1 aromatic carbocycles. The fourth-order valence-corrected chi connectivity index (χ4v) is 2.31. The van der Waals surface area contributed by atoms with Crippen LogP contribution in [0.3, 0.4) is 0 Å². The Morgan fingerprint density at radius 1 is 1.47 bits per heavy atom. The van der Waals surface area contributed by atoms with E-state index in [1.54, 1.807) is 18.2 Å². The highest BCUT2D eigenvalue weighted by molar-refractivity contribution is 5.90. The molecule has 2 unspecified atom stereocenters. The van der Waals surface area contributed by atoms with E-state index in [9.17, 15) is 9.18 Å². The van der Waals surface area contributed by atoms with Gasteiger partial charge < -0.3 is 16.0 Å². The first-order valence-electron chi connectivity index (χ1n) is 6.58. The van der Waals surface area contributed by atoms with Gasteiger partial charge in [-0.2, -0.15) is 0 Å². The fraction of sp³-hybridized carbons (Fsp3) is 0.500. The first-order valence-corrected chi connectivity index (χ1v) is 6.58. The molecular weight excluding hydrogens is 245 g/mol. The molecule has 19 heavy (non-hydrogen) atoms. The summed E-state index contributed by atoms with van der Waals surface area (Å²) in [6, 6.07) is 6.37. The highest BCUT2D eigenvalue weighted by Gasteiger charge is 2.26. The molecule has 0 aliphatic carbocycles. The Kier molecular flexibility index (Phi) is 4.50. The van der Waals surface area contributed by atoms with Gasteiger partial charge in [-0.15, -0.1) is 0 Å². The first-order chi connectivity index (χ1) is 9.06. The van der Waals surface area contributed by atoms with Gasteiger partial charge in [0.2, 0.25) is 5.91 Å². The molecule has 0 bridgehead atoms. The molecule has 1 fully saturated rings. The van der Waals surface area contributed by atoms with Crippen molar-refractivity contribution in [2.45, 2.75) is 19.4 Å². The van der Waals surface area contributed by atoms with Crippen molar-refractivity contribution in [3.8, 4) is 0 Å². The molecule has 3 N–H and O–H groups in total. The number of halogens is 1. The van der Waals surface area contributed by atoms with Gasteiger partial charge in [0.15, 0.2) is 0 Å². The largest absolute Gasteiger partial charge is 0.326 e. The maximum absolute atomic E-state index is 13.4. The van der Waals surface area contributed by atoms with Crippen molar-refractivity contribution in [3.63, 3.8) is 0 Å². The number of anilines is 1. The number of nitrogens with one attached hydrogen (secondary N) is 1. The summed E-state index contributed by atoms with van der Waals surface area (Å²) in [5.41, 5.74) is 6.16. The predicted octanol–water partition coefficient (Wildman–Crippen LogP) is 1.43. The van der Waals surface area contributed by atoms with Crippen LogP contribution >= 0.6 is 0 Å². The van der Waals surface area contributed by atoms with Crippen molar-refractivity contribution < 1.29 is 9.18 Å². The summed E-state index contributed by atoms with van der Waals surface area (Å²) < 4.78 is 13.4. The van der Waals surface area contributed by atoms with Crippen molar-refractivity contribution >= 4 is 11.6 Å². The summed E-state index contributed by atoms with van der Waals surface area (Å²) in [5.74, 6) is -0.111. The minimum atomic E-state index is -0.410. The molecule has 0 saturated carbocycles. The topological polar surface area (TPSA) is 58.4 Å². The summed E-state index contributed by atoms with van der Waals surface area (Å²) >= 11 is 0. The second-order valence-electron chi connectivity index (χ2n) is 5.18. The van der Waals surface area contributed by atoms with Crippen molar-refractivity contribution in [1.29, 1.82) is 0 Å². The first kappa shape index (κ1) is 14.0. The fourth-order valence-electron chi connectivity index (χ4n) is 2.31. The monoisotopic (exact) mass is 265 g/mol. The van der Waals surface area contributed by atoms with Gasteiger partial charge >= 0.3 is 0 Å². The Morgan fingerprint density at radius 2 is 2.21 bits per heavy atom. The maximum atomic E-state index is 13.4. The van der Waals surface area contributed by atoms with Gasteiger partial charge in [0.1, 0.15) is 5.82 Å². The molecule has 1 aromatic rings. The Balaban J connectivity index is 1.78. The molecule has 2 atom stereocenters. The number of nitrogens with zero attached hydrogens (tertiary/aromatic N) is 1. The molecular formula is C14H20FN3O. The number of benzene rings is 1. The average molecular weight is 265 g/mol. The SMILES string of the molecule is CC1CN(CCC(=O)Nc2ccccc2F)CC1N. The van der Waals surface area contributed by atoms with Gasteiger partial charge in [-0.25, -0.2) is 4.39 Å². The maximum Gasteiger partial charge on any atom is 0.225 e. The quantitative estimate of drug-likeness (QED) is 0.866. The van der Waals surface area contributed by atoms with Gasteiger partial charge in [-0.05, 0) is 18.1 Å². The van der Waals surface area contributed by atoms with Crippen LogP contribution in [0.1, 0.15) is 13.3 Å². The van der Waals surface area contributed by atoms with Crippen LogP contribution in [0, 0.1) is 11.7 Å². The van der Waals surface area contributed by atoms with Crippen LogP contribution in [0.25, 0.3) is 0 Å². The lowest BCUT2D eigenvalue weighted by molar-refractivity contribution is -0.116. The van der Waals surface area contributed by atoms with E-state index in [-0.39, 0.29) is 17.6 Å². The van der Waals surface area contributed by atoms with Gasteiger partial charge in [-0.3, -0.25) is 4.79 Å². The number of nitrogens with two attached hydrogens (primary N) is 1. The Hall–Kier alpha value is -1.46. The van der Waals surface area contributed by atoms with Gasteiger partial charge in [0, 0.05) is 32.1 Å². The van der Waals surface area contributed by atoms with E-state index in [4.69, 9.17) is 5.73 Å². The number of carbonyl (C=O) groups is 1. The van der Waals surface area contributed by atoms with Crippen molar-refractivity contribution in [3.05, 3.63) is 30.1 Å². The van der Waals surface area contributed by atoms with Crippen LogP contribution in [-0.4, -0.2) is 36.5 Å². The number of carbonyl (C=O) groups excluding carboxylic acids is 1. The third kappa shape index (κ3) is 3.75. The highest BCUT2D eigenvalue weighted by Crippen LogP contribution is 2.15. The summed E-state index contributed by atoms with van der Waals surface area (Å²) in [5, 5.41) is 2.58. The van der Waals surface area contributed by atoms with Crippen LogP contribution in [0.4, 0.5) is 10.1 Å². The van der Waals surface area contributed by atoms with Crippen LogP contribution in [0.15, 0.2) is 24.3 Å². The van der Waals surface area contributed by atoms with E-state index in [2.05, 4.69) is 17.1 Å². The molecule has 1 amide bonds.